The van der Waals surface area contributed by atoms with Crippen molar-refractivity contribution >= 4 is 0 Å². The molecule has 8 heavy (non-hydrogen) atoms. The zero-order chi connectivity index (χ0) is 6.57. The fourth-order valence-electron chi connectivity index (χ4n) is 0.681. The first-order chi connectivity index (χ1) is 3.66. The van der Waals surface area contributed by atoms with Gasteiger partial charge in [0.15, 0.2) is 0 Å². The van der Waals surface area contributed by atoms with Gasteiger partial charge in [-0.15, -0.1) is 0 Å². The Labute approximate surface area is 51.1 Å². The molecule has 0 amide bonds. The van der Waals surface area contributed by atoms with Gasteiger partial charge in [-0.3, -0.25) is 4.90 Å². The summed E-state index contributed by atoms with van der Waals surface area (Å²) in [5.41, 5.74) is 0. The average Bonchev–Trinajstić information content (AvgIpc) is 1.65. The van der Waals surface area contributed by atoms with Gasteiger partial charge in [0, 0.05) is 6.54 Å². The summed E-state index contributed by atoms with van der Waals surface area (Å²) in [7, 11) is 1.90. The first kappa shape index (κ1) is 7.92. The molecule has 0 aromatic rings. The van der Waals surface area contributed by atoms with E-state index in [0.29, 0.717) is 5.92 Å². The van der Waals surface area contributed by atoms with Crippen LogP contribution in [-0.4, -0.2) is 30.3 Å². The van der Waals surface area contributed by atoms with Gasteiger partial charge in [0.2, 0.25) is 0 Å². The lowest BCUT2D eigenvalue weighted by Crippen LogP contribution is -2.23. The number of rotatable bonds is 3. The minimum Gasteiger partial charge on any atom is -0.381 e. The average molecular weight is 117 g/mol. The Hall–Kier alpha value is -0.0800. The maximum absolute atomic E-state index is 8.51. The van der Waals surface area contributed by atoms with Crippen LogP contribution in [0.1, 0.15) is 13.8 Å². The molecule has 0 aliphatic heterocycles. The van der Waals surface area contributed by atoms with E-state index in [9.17, 15) is 0 Å². The molecule has 0 atom stereocenters. The molecular weight excluding hydrogens is 102 g/mol. The largest absolute Gasteiger partial charge is 0.381 e. The second-order valence-corrected chi connectivity index (χ2v) is 2.57. The van der Waals surface area contributed by atoms with Gasteiger partial charge in [-0.2, -0.15) is 0 Å². The number of nitrogens with zero attached hydrogens (tertiary/aromatic N) is 1. The molecule has 0 saturated heterocycles. The molecule has 0 bridgehead atoms. The van der Waals surface area contributed by atoms with E-state index >= 15 is 0 Å². The molecule has 0 saturated carbocycles. The van der Waals surface area contributed by atoms with Crippen molar-refractivity contribution in [3.8, 4) is 0 Å². The summed E-state index contributed by atoms with van der Waals surface area (Å²) in [6, 6.07) is 0. The van der Waals surface area contributed by atoms with Crippen molar-refractivity contribution < 1.29 is 5.11 Å². The highest BCUT2D eigenvalue weighted by Gasteiger charge is 1.96. The van der Waals surface area contributed by atoms with Crippen LogP contribution < -0.4 is 0 Å². The molecule has 0 unspecified atom stereocenters. The van der Waals surface area contributed by atoms with Crippen LogP contribution in [0.15, 0.2) is 0 Å². The molecule has 50 valence electrons. The molecule has 0 aliphatic rings. The molecular formula is C6H15NO. The minimum absolute atomic E-state index is 0.165. The Balaban J connectivity index is 3.10. The van der Waals surface area contributed by atoms with E-state index in [1.165, 1.54) is 0 Å². The Morgan fingerprint density at radius 1 is 1.50 bits per heavy atom. The van der Waals surface area contributed by atoms with Gasteiger partial charge in [0.25, 0.3) is 0 Å². The highest BCUT2D eigenvalue weighted by molar-refractivity contribution is 4.47. The molecule has 2 nitrogen and oxygen atoms in total. The quantitative estimate of drug-likeness (QED) is 0.545. The summed E-state index contributed by atoms with van der Waals surface area (Å²) in [6.07, 6.45) is 0. The van der Waals surface area contributed by atoms with Crippen molar-refractivity contribution in [2.75, 3.05) is 20.3 Å². The lowest BCUT2D eigenvalue weighted by Gasteiger charge is -2.14. The molecule has 0 aliphatic carbocycles. The fourth-order valence-corrected chi connectivity index (χ4v) is 0.681. The summed E-state index contributed by atoms with van der Waals surface area (Å²) in [6.45, 7) is 5.40. The van der Waals surface area contributed by atoms with E-state index in [0.717, 1.165) is 6.54 Å². The van der Waals surface area contributed by atoms with Crippen molar-refractivity contribution in [2.45, 2.75) is 13.8 Å². The van der Waals surface area contributed by atoms with Gasteiger partial charge in [-0.25, -0.2) is 0 Å². The summed E-state index contributed by atoms with van der Waals surface area (Å²) in [4.78, 5) is 1.88. The molecule has 0 rings (SSSR count). The molecule has 0 spiro atoms. The van der Waals surface area contributed by atoms with E-state index in [2.05, 4.69) is 13.8 Å². The maximum atomic E-state index is 8.51. The third-order valence-corrected chi connectivity index (χ3v) is 0.918. The van der Waals surface area contributed by atoms with E-state index in [1.807, 2.05) is 11.9 Å². The van der Waals surface area contributed by atoms with E-state index in [-0.39, 0.29) is 6.73 Å². The first-order valence-electron chi connectivity index (χ1n) is 2.96. The lowest BCUT2D eigenvalue weighted by molar-refractivity contribution is 0.121. The van der Waals surface area contributed by atoms with Crippen molar-refractivity contribution in [3.63, 3.8) is 0 Å². The first-order valence-corrected chi connectivity index (χ1v) is 2.96. The van der Waals surface area contributed by atoms with E-state index in [1.54, 1.807) is 0 Å². The van der Waals surface area contributed by atoms with Crippen LogP contribution in [0.25, 0.3) is 0 Å². The van der Waals surface area contributed by atoms with Crippen LogP contribution in [0.5, 0.6) is 0 Å². The van der Waals surface area contributed by atoms with Gasteiger partial charge in [0.05, 0.1) is 6.73 Å². The van der Waals surface area contributed by atoms with Crippen LogP contribution in [0.2, 0.25) is 0 Å². The fraction of sp³-hybridized carbons (Fsp3) is 1.00. The van der Waals surface area contributed by atoms with Crippen LogP contribution in [0, 0.1) is 5.92 Å². The molecule has 0 aromatic carbocycles. The topological polar surface area (TPSA) is 23.5 Å². The van der Waals surface area contributed by atoms with Gasteiger partial charge >= 0.3 is 0 Å². The molecule has 0 fully saturated rings. The van der Waals surface area contributed by atoms with Crippen molar-refractivity contribution in [2.24, 2.45) is 5.92 Å². The Morgan fingerprint density at radius 3 is 2.12 bits per heavy atom. The lowest BCUT2D eigenvalue weighted by atomic mass is 10.2. The van der Waals surface area contributed by atoms with Crippen LogP contribution >= 0.6 is 0 Å². The van der Waals surface area contributed by atoms with Gasteiger partial charge in [0.1, 0.15) is 0 Å². The Kier molecular flexibility index (Phi) is 3.83. The predicted molar refractivity (Wildman–Crippen MR) is 34.6 cm³/mol. The molecule has 0 radical (unpaired) electrons. The van der Waals surface area contributed by atoms with Crippen molar-refractivity contribution in [1.82, 2.24) is 4.90 Å². The predicted octanol–water partition coefficient (Wildman–Crippen LogP) is 0.524. The minimum atomic E-state index is 0.165. The van der Waals surface area contributed by atoms with Crippen LogP contribution in [-0.2, 0) is 0 Å². The summed E-state index contributed by atoms with van der Waals surface area (Å²) in [5, 5.41) is 8.51. The third kappa shape index (κ3) is 4.09. The number of hydrogen-bond acceptors (Lipinski definition) is 2. The monoisotopic (exact) mass is 117 g/mol. The Bertz CT molecular complexity index is 54.5. The number of aliphatic hydroxyl groups is 1. The second-order valence-electron chi connectivity index (χ2n) is 2.57. The molecule has 2 heteroatoms. The Morgan fingerprint density at radius 2 is 2.00 bits per heavy atom. The summed E-state index contributed by atoms with van der Waals surface area (Å²) >= 11 is 0. The zero-order valence-electron chi connectivity index (χ0n) is 5.89. The summed E-state index contributed by atoms with van der Waals surface area (Å²) in [5.74, 6) is 0.646. The standard InChI is InChI=1S/C6H15NO/c1-6(2)4-7(3)5-8/h6,8H,4-5H2,1-3H3. The third-order valence-electron chi connectivity index (χ3n) is 0.918. The van der Waals surface area contributed by atoms with Crippen LogP contribution in [0.4, 0.5) is 0 Å². The molecule has 0 aromatic heterocycles. The van der Waals surface area contributed by atoms with E-state index < -0.39 is 0 Å². The molecule has 1 N–H and O–H groups in total. The van der Waals surface area contributed by atoms with Crippen LogP contribution in [0.3, 0.4) is 0 Å². The number of aliphatic hydroxyl groups excluding tert-OH is 1. The summed E-state index contributed by atoms with van der Waals surface area (Å²) < 4.78 is 0. The normalized spacial score (nSPS) is 11.2. The van der Waals surface area contributed by atoms with Gasteiger partial charge in [-0.1, -0.05) is 13.8 Å². The van der Waals surface area contributed by atoms with Gasteiger partial charge < -0.3 is 5.11 Å². The SMILES string of the molecule is CC(C)CN(C)CO. The van der Waals surface area contributed by atoms with Crippen molar-refractivity contribution in [1.29, 1.82) is 0 Å². The second kappa shape index (κ2) is 3.87. The highest BCUT2D eigenvalue weighted by Crippen LogP contribution is 1.92. The molecule has 0 heterocycles. The smallest absolute Gasteiger partial charge is 0.0954 e. The number of hydrogen-bond donors (Lipinski definition) is 1. The van der Waals surface area contributed by atoms with Gasteiger partial charge in [-0.05, 0) is 13.0 Å². The highest BCUT2D eigenvalue weighted by atomic mass is 16.3. The van der Waals surface area contributed by atoms with Crippen molar-refractivity contribution in [3.05, 3.63) is 0 Å². The van der Waals surface area contributed by atoms with E-state index in [4.69, 9.17) is 5.11 Å². The maximum Gasteiger partial charge on any atom is 0.0954 e. The zero-order valence-corrected chi connectivity index (χ0v) is 5.89.